The quantitative estimate of drug-likeness (QED) is 0.841. The molecular weight excluding hydrogens is 282 g/mol. The SMILES string of the molecule is Cc1ccc(C(C)C)c(OCC(=O)N(CC(=O)O)C(C)C)c1. The maximum absolute atomic E-state index is 12.2. The molecular formula is C17H25NO4. The Kier molecular flexibility index (Phi) is 6.40. The number of nitrogens with zero attached hydrogens (tertiary/aromatic N) is 1. The van der Waals surface area contributed by atoms with Gasteiger partial charge >= 0.3 is 5.97 Å². The molecule has 1 amide bonds. The van der Waals surface area contributed by atoms with Crippen LogP contribution in [0, 0.1) is 6.92 Å². The summed E-state index contributed by atoms with van der Waals surface area (Å²) >= 11 is 0. The molecule has 0 aliphatic heterocycles. The summed E-state index contributed by atoms with van der Waals surface area (Å²) in [6.45, 7) is 9.18. The van der Waals surface area contributed by atoms with E-state index in [0.717, 1.165) is 11.1 Å². The van der Waals surface area contributed by atoms with Crippen molar-refractivity contribution >= 4 is 11.9 Å². The minimum atomic E-state index is -1.03. The minimum Gasteiger partial charge on any atom is -0.483 e. The Labute approximate surface area is 131 Å². The van der Waals surface area contributed by atoms with Crippen molar-refractivity contribution in [2.75, 3.05) is 13.2 Å². The second kappa shape index (κ2) is 7.82. The molecule has 0 saturated heterocycles. The summed E-state index contributed by atoms with van der Waals surface area (Å²) < 4.78 is 5.67. The molecule has 1 aromatic carbocycles. The van der Waals surface area contributed by atoms with Crippen molar-refractivity contribution in [3.8, 4) is 5.75 Å². The molecule has 0 heterocycles. The Morgan fingerprint density at radius 2 is 1.86 bits per heavy atom. The number of amides is 1. The van der Waals surface area contributed by atoms with E-state index in [1.165, 1.54) is 4.90 Å². The number of rotatable bonds is 7. The van der Waals surface area contributed by atoms with E-state index >= 15 is 0 Å². The summed E-state index contributed by atoms with van der Waals surface area (Å²) in [5, 5.41) is 8.89. The van der Waals surface area contributed by atoms with Gasteiger partial charge in [0.25, 0.3) is 5.91 Å². The van der Waals surface area contributed by atoms with E-state index in [1.54, 1.807) is 13.8 Å². The fourth-order valence-corrected chi connectivity index (χ4v) is 2.17. The molecule has 0 bridgehead atoms. The van der Waals surface area contributed by atoms with Crippen molar-refractivity contribution in [1.82, 2.24) is 4.90 Å². The molecule has 0 radical (unpaired) electrons. The molecule has 0 aliphatic carbocycles. The monoisotopic (exact) mass is 307 g/mol. The van der Waals surface area contributed by atoms with Crippen molar-refractivity contribution < 1.29 is 19.4 Å². The van der Waals surface area contributed by atoms with Crippen LogP contribution in [0.5, 0.6) is 5.75 Å². The average Bonchev–Trinajstić information content (AvgIpc) is 2.41. The molecule has 0 aliphatic rings. The van der Waals surface area contributed by atoms with Crippen molar-refractivity contribution in [3.05, 3.63) is 29.3 Å². The normalized spacial score (nSPS) is 10.9. The zero-order valence-corrected chi connectivity index (χ0v) is 13.9. The second-order valence-corrected chi connectivity index (χ2v) is 5.99. The number of aliphatic carboxylic acids is 1. The summed E-state index contributed by atoms with van der Waals surface area (Å²) in [5.74, 6) is -0.387. The number of ether oxygens (including phenoxy) is 1. The van der Waals surface area contributed by atoms with Crippen molar-refractivity contribution in [2.45, 2.75) is 46.6 Å². The lowest BCUT2D eigenvalue weighted by atomic mass is 10.0. The van der Waals surface area contributed by atoms with Crippen LogP contribution in [0.2, 0.25) is 0 Å². The highest BCUT2D eigenvalue weighted by atomic mass is 16.5. The van der Waals surface area contributed by atoms with E-state index in [2.05, 4.69) is 13.8 Å². The van der Waals surface area contributed by atoms with Gasteiger partial charge in [0, 0.05) is 6.04 Å². The maximum Gasteiger partial charge on any atom is 0.323 e. The number of carbonyl (C=O) groups is 2. The van der Waals surface area contributed by atoms with E-state index in [4.69, 9.17) is 9.84 Å². The van der Waals surface area contributed by atoms with Crippen molar-refractivity contribution in [2.24, 2.45) is 0 Å². The van der Waals surface area contributed by atoms with Gasteiger partial charge in [-0.15, -0.1) is 0 Å². The highest BCUT2D eigenvalue weighted by Gasteiger charge is 2.20. The Balaban J connectivity index is 2.82. The molecule has 0 atom stereocenters. The highest BCUT2D eigenvalue weighted by Crippen LogP contribution is 2.27. The molecule has 0 aromatic heterocycles. The zero-order chi connectivity index (χ0) is 16.9. The van der Waals surface area contributed by atoms with Crippen LogP contribution in [0.25, 0.3) is 0 Å². The average molecular weight is 307 g/mol. The van der Waals surface area contributed by atoms with Gasteiger partial charge in [-0.1, -0.05) is 26.0 Å². The second-order valence-electron chi connectivity index (χ2n) is 5.99. The van der Waals surface area contributed by atoms with Crippen LogP contribution in [0.4, 0.5) is 0 Å². The number of carboxylic acid groups (broad SMARTS) is 1. The first-order chi connectivity index (χ1) is 10.2. The van der Waals surface area contributed by atoms with Gasteiger partial charge in [-0.3, -0.25) is 9.59 Å². The lowest BCUT2D eigenvalue weighted by Crippen LogP contribution is -2.43. The van der Waals surface area contributed by atoms with Crippen molar-refractivity contribution in [1.29, 1.82) is 0 Å². The fraction of sp³-hybridized carbons (Fsp3) is 0.529. The lowest BCUT2D eigenvalue weighted by Gasteiger charge is -2.25. The van der Waals surface area contributed by atoms with Crippen LogP contribution in [0.15, 0.2) is 18.2 Å². The largest absolute Gasteiger partial charge is 0.483 e. The van der Waals surface area contributed by atoms with E-state index < -0.39 is 5.97 Å². The molecule has 1 rings (SSSR count). The summed E-state index contributed by atoms with van der Waals surface area (Å²) in [5.41, 5.74) is 2.09. The first kappa shape index (κ1) is 18.0. The number of benzene rings is 1. The van der Waals surface area contributed by atoms with Crippen LogP contribution in [0.1, 0.15) is 44.7 Å². The Hall–Kier alpha value is -2.04. The van der Waals surface area contributed by atoms with Gasteiger partial charge in [0.15, 0.2) is 6.61 Å². The Morgan fingerprint density at radius 3 is 2.36 bits per heavy atom. The predicted octanol–water partition coefficient (Wildman–Crippen LogP) is 2.82. The van der Waals surface area contributed by atoms with Crippen LogP contribution in [0.3, 0.4) is 0 Å². The number of hydrogen-bond acceptors (Lipinski definition) is 3. The third kappa shape index (κ3) is 5.06. The molecule has 5 heteroatoms. The van der Waals surface area contributed by atoms with Gasteiger partial charge in [0.1, 0.15) is 12.3 Å². The molecule has 5 nitrogen and oxygen atoms in total. The van der Waals surface area contributed by atoms with E-state index in [-0.39, 0.29) is 31.0 Å². The van der Waals surface area contributed by atoms with Crippen LogP contribution >= 0.6 is 0 Å². The highest BCUT2D eigenvalue weighted by molar-refractivity contribution is 5.82. The first-order valence-electron chi connectivity index (χ1n) is 7.47. The molecule has 0 spiro atoms. The van der Waals surface area contributed by atoms with Gasteiger partial charge in [0.2, 0.25) is 0 Å². The summed E-state index contributed by atoms with van der Waals surface area (Å²) in [6, 6.07) is 5.72. The molecule has 0 saturated carbocycles. The van der Waals surface area contributed by atoms with E-state index in [1.807, 2.05) is 25.1 Å². The van der Waals surface area contributed by atoms with Gasteiger partial charge in [0.05, 0.1) is 0 Å². The maximum atomic E-state index is 12.2. The van der Waals surface area contributed by atoms with Gasteiger partial charge in [-0.2, -0.15) is 0 Å². The van der Waals surface area contributed by atoms with Crippen molar-refractivity contribution in [3.63, 3.8) is 0 Å². The van der Waals surface area contributed by atoms with E-state index in [0.29, 0.717) is 5.75 Å². The number of aryl methyl sites for hydroxylation is 1. The smallest absolute Gasteiger partial charge is 0.323 e. The van der Waals surface area contributed by atoms with Crippen LogP contribution in [-0.4, -0.2) is 41.1 Å². The number of hydrogen-bond donors (Lipinski definition) is 1. The van der Waals surface area contributed by atoms with E-state index in [9.17, 15) is 9.59 Å². The topological polar surface area (TPSA) is 66.8 Å². The first-order valence-corrected chi connectivity index (χ1v) is 7.47. The summed E-state index contributed by atoms with van der Waals surface area (Å²) in [4.78, 5) is 24.3. The van der Waals surface area contributed by atoms with Gasteiger partial charge in [-0.25, -0.2) is 0 Å². The summed E-state index contributed by atoms with van der Waals surface area (Å²) in [7, 11) is 0. The minimum absolute atomic E-state index is 0.158. The standard InChI is InChI=1S/C17H25NO4/c1-11(2)14-7-6-13(5)8-15(14)22-10-16(19)18(12(3)4)9-17(20)21/h6-8,11-12H,9-10H2,1-5H3,(H,20,21). The Morgan fingerprint density at radius 1 is 1.23 bits per heavy atom. The zero-order valence-electron chi connectivity index (χ0n) is 13.9. The van der Waals surface area contributed by atoms with Gasteiger partial charge < -0.3 is 14.7 Å². The molecule has 22 heavy (non-hydrogen) atoms. The predicted molar refractivity (Wildman–Crippen MR) is 85.2 cm³/mol. The Bertz CT molecular complexity index is 537. The molecule has 1 N–H and O–H groups in total. The molecule has 0 fully saturated rings. The van der Waals surface area contributed by atoms with Crippen LogP contribution < -0.4 is 4.74 Å². The molecule has 0 unspecified atom stereocenters. The van der Waals surface area contributed by atoms with Gasteiger partial charge in [-0.05, 0) is 43.9 Å². The lowest BCUT2D eigenvalue weighted by molar-refractivity contribution is -0.146. The molecule has 1 aromatic rings. The summed E-state index contributed by atoms with van der Waals surface area (Å²) in [6.07, 6.45) is 0. The number of carbonyl (C=O) groups excluding carboxylic acids is 1. The molecule has 122 valence electrons. The van der Waals surface area contributed by atoms with Crippen LogP contribution in [-0.2, 0) is 9.59 Å². The fourth-order valence-electron chi connectivity index (χ4n) is 2.17. The number of carboxylic acids is 1. The third-order valence-corrected chi connectivity index (χ3v) is 3.39. The third-order valence-electron chi connectivity index (χ3n) is 3.39.